The molecule has 2 aliphatic rings. The molecule has 0 unspecified atom stereocenters. The number of hydrogen-bond donors (Lipinski definition) is 1. The van der Waals surface area contributed by atoms with E-state index in [4.69, 9.17) is 5.26 Å². The highest BCUT2D eigenvalue weighted by atomic mass is 32.2. The first-order valence-electron chi connectivity index (χ1n) is 5.72. The zero-order valence-electron chi connectivity index (χ0n) is 9.12. The van der Waals surface area contributed by atoms with Gasteiger partial charge in [-0.25, -0.2) is 0 Å². The quantitative estimate of drug-likeness (QED) is 0.848. The summed E-state index contributed by atoms with van der Waals surface area (Å²) in [6.07, 6.45) is 3.06. The normalized spacial score (nSPS) is 20.4. The van der Waals surface area contributed by atoms with Gasteiger partial charge in [0.1, 0.15) is 0 Å². The van der Waals surface area contributed by atoms with Crippen molar-refractivity contribution in [3.63, 3.8) is 0 Å². The summed E-state index contributed by atoms with van der Waals surface area (Å²) in [7, 11) is 0. The number of benzene rings is 1. The van der Waals surface area contributed by atoms with E-state index < -0.39 is 0 Å². The fourth-order valence-corrected chi connectivity index (χ4v) is 3.04. The van der Waals surface area contributed by atoms with Crippen LogP contribution in [0.3, 0.4) is 0 Å². The first kappa shape index (κ1) is 10.0. The lowest BCUT2D eigenvalue weighted by Gasteiger charge is -2.18. The van der Waals surface area contributed by atoms with Gasteiger partial charge in [-0.15, -0.1) is 11.8 Å². The molecule has 1 aromatic carbocycles. The monoisotopic (exact) mass is 230 g/mol. The number of hydrogen-bond acceptors (Lipinski definition) is 3. The van der Waals surface area contributed by atoms with Crippen molar-refractivity contribution >= 4 is 17.4 Å². The molecule has 0 spiro atoms. The molecule has 2 nitrogen and oxygen atoms in total. The van der Waals surface area contributed by atoms with Gasteiger partial charge in [0, 0.05) is 22.9 Å². The van der Waals surface area contributed by atoms with Crippen LogP contribution in [-0.2, 0) is 6.42 Å². The van der Waals surface area contributed by atoms with Crippen molar-refractivity contribution in [1.29, 1.82) is 5.26 Å². The highest BCUT2D eigenvalue weighted by Crippen LogP contribution is 2.48. The van der Waals surface area contributed by atoms with E-state index in [9.17, 15) is 0 Å². The highest BCUT2D eigenvalue weighted by molar-refractivity contribution is 7.99. The Morgan fingerprint density at radius 1 is 1.44 bits per heavy atom. The number of nitriles is 1. The predicted molar refractivity (Wildman–Crippen MR) is 66.6 cm³/mol. The van der Waals surface area contributed by atoms with Gasteiger partial charge < -0.3 is 5.32 Å². The smallest absolute Gasteiger partial charge is 0.0693 e. The van der Waals surface area contributed by atoms with E-state index in [0.717, 1.165) is 31.6 Å². The Labute approximate surface area is 100 Å². The fourth-order valence-electron chi connectivity index (χ4n) is 2.17. The van der Waals surface area contributed by atoms with Gasteiger partial charge in [-0.3, -0.25) is 0 Å². The minimum absolute atomic E-state index is 0.0317. The molecule has 0 radical (unpaired) electrons. The summed E-state index contributed by atoms with van der Waals surface area (Å²) in [5, 5.41) is 12.5. The number of fused-ring (bicyclic) bond motifs is 1. The van der Waals surface area contributed by atoms with E-state index in [1.165, 1.54) is 16.1 Å². The molecule has 1 N–H and O–H groups in total. The first-order chi connectivity index (χ1) is 7.81. The molecule has 0 saturated heterocycles. The molecular weight excluding hydrogens is 216 g/mol. The van der Waals surface area contributed by atoms with Gasteiger partial charge in [0.25, 0.3) is 0 Å². The van der Waals surface area contributed by atoms with Crippen LogP contribution < -0.4 is 5.32 Å². The van der Waals surface area contributed by atoms with Crippen LogP contribution in [0, 0.1) is 16.7 Å². The molecule has 0 aromatic heterocycles. The van der Waals surface area contributed by atoms with Gasteiger partial charge in [-0.2, -0.15) is 5.26 Å². The van der Waals surface area contributed by atoms with E-state index in [0.29, 0.717) is 0 Å². The van der Waals surface area contributed by atoms with Crippen LogP contribution in [0.25, 0.3) is 0 Å². The average molecular weight is 230 g/mol. The van der Waals surface area contributed by atoms with Gasteiger partial charge >= 0.3 is 0 Å². The molecule has 16 heavy (non-hydrogen) atoms. The van der Waals surface area contributed by atoms with Crippen molar-refractivity contribution < 1.29 is 0 Å². The van der Waals surface area contributed by atoms with E-state index in [1.807, 2.05) is 11.8 Å². The zero-order valence-corrected chi connectivity index (χ0v) is 9.94. The van der Waals surface area contributed by atoms with Crippen molar-refractivity contribution in [3.05, 3.63) is 23.8 Å². The summed E-state index contributed by atoms with van der Waals surface area (Å²) in [6.45, 7) is 1.05. The van der Waals surface area contributed by atoms with Gasteiger partial charge in [-0.1, -0.05) is 6.07 Å². The summed E-state index contributed by atoms with van der Waals surface area (Å²) < 4.78 is 0. The van der Waals surface area contributed by atoms with Crippen LogP contribution in [0.1, 0.15) is 18.4 Å². The molecule has 1 heterocycles. The first-order valence-corrected chi connectivity index (χ1v) is 6.71. The molecule has 0 bridgehead atoms. The van der Waals surface area contributed by atoms with E-state index in [2.05, 4.69) is 29.6 Å². The number of nitrogens with zero attached hydrogens (tertiary/aromatic N) is 1. The maximum absolute atomic E-state index is 9.09. The van der Waals surface area contributed by atoms with E-state index >= 15 is 0 Å². The highest BCUT2D eigenvalue weighted by Gasteiger charge is 2.42. The molecule has 0 amide bonds. The Hall–Kier alpha value is -1.14. The van der Waals surface area contributed by atoms with Crippen molar-refractivity contribution in [2.45, 2.75) is 24.2 Å². The number of nitrogens with one attached hydrogen (secondary N) is 1. The topological polar surface area (TPSA) is 35.8 Å². The lowest BCUT2D eigenvalue weighted by Crippen LogP contribution is -2.11. The summed E-state index contributed by atoms with van der Waals surface area (Å²) in [4.78, 5) is 1.34. The number of rotatable bonds is 2. The molecule has 1 aliphatic heterocycles. The number of anilines is 1. The molecule has 3 heteroatoms. The lowest BCUT2D eigenvalue weighted by atomic mass is 9.98. The zero-order chi connectivity index (χ0) is 11.0. The Bertz CT molecular complexity index is 457. The summed E-state index contributed by atoms with van der Waals surface area (Å²) in [5.41, 5.74) is 2.52. The molecule has 1 fully saturated rings. The van der Waals surface area contributed by atoms with E-state index in [-0.39, 0.29) is 5.41 Å². The average Bonchev–Trinajstić information content (AvgIpc) is 3.09. The molecule has 0 atom stereocenters. The number of thioether (sulfide) groups is 1. The van der Waals surface area contributed by atoms with Gasteiger partial charge in [0.2, 0.25) is 0 Å². The third-order valence-corrected chi connectivity index (χ3v) is 4.43. The Morgan fingerprint density at radius 3 is 3.06 bits per heavy atom. The second kappa shape index (κ2) is 3.71. The van der Waals surface area contributed by atoms with Gasteiger partial charge in [-0.05, 0) is 37.0 Å². The molecule has 1 aromatic rings. The van der Waals surface area contributed by atoms with Crippen LogP contribution >= 0.6 is 11.8 Å². The Kier molecular flexibility index (Phi) is 2.33. The van der Waals surface area contributed by atoms with Crippen LogP contribution in [0.4, 0.5) is 5.69 Å². The van der Waals surface area contributed by atoms with Gasteiger partial charge in [0.15, 0.2) is 0 Å². The van der Waals surface area contributed by atoms with Gasteiger partial charge in [0.05, 0.1) is 11.5 Å². The maximum Gasteiger partial charge on any atom is 0.0693 e. The van der Waals surface area contributed by atoms with E-state index in [1.54, 1.807) is 0 Å². The van der Waals surface area contributed by atoms with Crippen molar-refractivity contribution in [1.82, 2.24) is 0 Å². The third-order valence-electron chi connectivity index (χ3n) is 3.35. The lowest BCUT2D eigenvalue weighted by molar-refractivity contribution is 0.665. The van der Waals surface area contributed by atoms with Crippen LogP contribution in [0.2, 0.25) is 0 Å². The molecule has 1 saturated carbocycles. The van der Waals surface area contributed by atoms with Crippen LogP contribution in [0.15, 0.2) is 23.1 Å². The second-order valence-corrected chi connectivity index (χ2v) is 5.81. The largest absolute Gasteiger partial charge is 0.383 e. The van der Waals surface area contributed by atoms with Crippen LogP contribution in [0.5, 0.6) is 0 Å². The molecule has 1 aliphatic carbocycles. The molecule has 3 rings (SSSR count). The Balaban J connectivity index is 1.84. The van der Waals surface area contributed by atoms with Crippen molar-refractivity contribution in [2.75, 3.05) is 17.6 Å². The summed E-state index contributed by atoms with van der Waals surface area (Å²) >= 11 is 1.91. The maximum atomic E-state index is 9.09. The predicted octanol–water partition coefficient (Wildman–Crippen LogP) is 3.05. The second-order valence-electron chi connectivity index (χ2n) is 4.67. The molecular formula is C13H14N2S. The fraction of sp³-hybridized carbons (Fsp3) is 0.462. The summed E-state index contributed by atoms with van der Waals surface area (Å²) in [6, 6.07) is 9.04. The van der Waals surface area contributed by atoms with Crippen molar-refractivity contribution in [2.24, 2.45) is 5.41 Å². The van der Waals surface area contributed by atoms with Crippen molar-refractivity contribution in [3.8, 4) is 6.07 Å². The SMILES string of the molecule is N#CC1(Cc2ccc3c(c2)NCCS3)CC1. The van der Waals surface area contributed by atoms with Crippen LogP contribution in [-0.4, -0.2) is 12.3 Å². The molecule has 82 valence electrons. The minimum atomic E-state index is -0.0317. The standard InChI is InChI=1S/C13H14N2S/c14-9-13(3-4-13)8-10-1-2-12-11(7-10)15-5-6-16-12/h1-2,7,15H,3-6,8H2. The summed E-state index contributed by atoms with van der Waals surface area (Å²) in [5.74, 6) is 1.15. The third kappa shape index (κ3) is 1.78. The minimum Gasteiger partial charge on any atom is -0.383 e. The Morgan fingerprint density at radius 2 is 2.31 bits per heavy atom.